The molecule has 0 spiro atoms. The van der Waals surface area contributed by atoms with Crippen LogP contribution in [0.4, 0.5) is 9.52 Å². The summed E-state index contributed by atoms with van der Waals surface area (Å²) in [6, 6.07) is 16.6. The Labute approximate surface area is 267 Å². The highest BCUT2D eigenvalue weighted by atomic mass is 35.5. The van der Waals surface area contributed by atoms with E-state index in [1.165, 1.54) is 28.8 Å². The number of aromatic nitrogens is 2. The van der Waals surface area contributed by atoms with Crippen LogP contribution in [0.25, 0.3) is 5.76 Å². The SMILES string of the molecule is CCCCOc1ccc(C2/C(=C(\O)c3ccc(Cl)cc3)C(=O)C(=O)N2c2nnc(SCc3ccc(F)cc3)s2)cc1OCC. The fourth-order valence-corrected chi connectivity index (χ4v) is 6.55. The molecule has 4 aromatic rings. The van der Waals surface area contributed by atoms with Crippen LogP contribution in [0.2, 0.25) is 5.02 Å². The third-order valence-corrected chi connectivity index (χ3v) is 9.16. The Bertz CT molecular complexity index is 1680. The number of carbonyl (C=O) groups excluding carboxylic acids is 2. The van der Waals surface area contributed by atoms with Crippen LogP contribution < -0.4 is 14.4 Å². The molecule has 0 radical (unpaired) electrons. The number of amides is 1. The smallest absolute Gasteiger partial charge is 0.301 e. The Balaban J connectivity index is 1.56. The van der Waals surface area contributed by atoms with Crippen LogP contribution in [0.5, 0.6) is 11.5 Å². The molecule has 1 fully saturated rings. The quantitative estimate of drug-likeness (QED) is 0.0412. The van der Waals surface area contributed by atoms with Gasteiger partial charge in [0.2, 0.25) is 5.13 Å². The number of aliphatic hydroxyl groups excluding tert-OH is 1. The van der Waals surface area contributed by atoms with Gasteiger partial charge in [0.25, 0.3) is 5.78 Å². The van der Waals surface area contributed by atoms with Gasteiger partial charge < -0.3 is 14.6 Å². The molecule has 44 heavy (non-hydrogen) atoms. The van der Waals surface area contributed by atoms with Crippen molar-refractivity contribution in [1.82, 2.24) is 10.2 Å². The Hall–Kier alpha value is -3.93. The standard InChI is InChI=1S/C32H29ClFN3O5S2/c1-3-5-16-42-24-15-10-21(17-25(24)41-4-2)27-26(28(38)20-8-11-22(33)12-9-20)29(39)30(40)37(27)31-35-36-32(44-31)43-18-19-6-13-23(34)14-7-19/h6-15,17,27,38H,3-5,16,18H2,1-2H3/b28-26+. The van der Waals surface area contributed by atoms with E-state index >= 15 is 0 Å². The molecular weight excluding hydrogens is 625 g/mol. The first-order valence-corrected chi connectivity index (χ1v) is 16.2. The van der Waals surface area contributed by atoms with Crippen LogP contribution in [0.3, 0.4) is 0 Å². The van der Waals surface area contributed by atoms with E-state index in [0.29, 0.717) is 51.0 Å². The van der Waals surface area contributed by atoms with Gasteiger partial charge in [-0.3, -0.25) is 14.5 Å². The highest BCUT2D eigenvalue weighted by Crippen LogP contribution is 2.45. The first kappa shape index (κ1) is 31.5. The highest BCUT2D eigenvalue weighted by molar-refractivity contribution is 8.00. The van der Waals surface area contributed by atoms with Gasteiger partial charge >= 0.3 is 5.91 Å². The second-order valence-corrected chi connectivity index (χ2v) is 12.4. The van der Waals surface area contributed by atoms with E-state index in [2.05, 4.69) is 17.1 Å². The van der Waals surface area contributed by atoms with E-state index in [0.717, 1.165) is 29.7 Å². The summed E-state index contributed by atoms with van der Waals surface area (Å²) in [5, 5.41) is 20.6. The molecular formula is C32H29ClFN3O5S2. The number of nitrogens with zero attached hydrogens (tertiary/aromatic N) is 3. The van der Waals surface area contributed by atoms with Gasteiger partial charge in [0.1, 0.15) is 11.6 Å². The molecule has 1 aliphatic rings. The van der Waals surface area contributed by atoms with Crippen molar-refractivity contribution in [2.24, 2.45) is 0 Å². The molecule has 1 aromatic heterocycles. The van der Waals surface area contributed by atoms with Crippen LogP contribution in [-0.2, 0) is 15.3 Å². The normalized spacial score (nSPS) is 16.0. The topological polar surface area (TPSA) is 102 Å². The molecule has 2 heterocycles. The monoisotopic (exact) mass is 653 g/mol. The van der Waals surface area contributed by atoms with Gasteiger partial charge in [-0.15, -0.1) is 10.2 Å². The lowest BCUT2D eigenvalue weighted by molar-refractivity contribution is -0.132. The molecule has 0 aliphatic carbocycles. The van der Waals surface area contributed by atoms with Crippen molar-refractivity contribution in [3.63, 3.8) is 0 Å². The lowest BCUT2D eigenvalue weighted by Gasteiger charge is -2.23. The summed E-state index contributed by atoms with van der Waals surface area (Å²) in [4.78, 5) is 28.4. The molecule has 0 saturated carbocycles. The summed E-state index contributed by atoms with van der Waals surface area (Å²) >= 11 is 8.57. The Morgan fingerprint density at radius 2 is 1.77 bits per heavy atom. The Morgan fingerprint density at radius 3 is 2.48 bits per heavy atom. The molecule has 1 atom stereocenters. The van der Waals surface area contributed by atoms with Crippen LogP contribution in [0.1, 0.15) is 49.4 Å². The first-order chi connectivity index (χ1) is 21.3. The predicted molar refractivity (Wildman–Crippen MR) is 170 cm³/mol. The molecule has 12 heteroatoms. The van der Waals surface area contributed by atoms with E-state index in [1.54, 1.807) is 54.6 Å². The van der Waals surface area contributed by atoms with Crippen molar-refractivity contribution < 1.29 is 28.6 Å². The number of carbonyl (C=O) groups is 2. The summed E-state index contributed by atoms with van der Waals surface area (Å²) in [5.41, 5.74) is 1.63. The minimum Gasteiger partial charge on any atom is -0.507 e. The fourth-order valence-electron chi connectivity index (χ4n) is 4.60. The number of thioether (sulfide) groups is 1. The molecule has 1 saturated heterocycles. The third kappa shape index (κ3) is 6.90. The van der Waals surface area contributed by atoms with Crippen molar-refractivity contribution in [3.05, 3.63) is 99.8 Å². The lowest BCUT2D eigenvalue weighted by Crippen LogP contribution is -2.29. The van der Waals surface area contributed by atoms with Gasteiger partial charge in [0.05, 0.1) is 24.8 Å². The van der Waals surface area contributed by atoms with Crippen molar-refractivity contribution >= 4 is 57.3 Å². The second kappa shape index (κ2) is 14.2. The van der Waals surface area contributed by atoms with Crippen LogP contribution in [0, 0.1) is 5.82 Å². The fraction of sp³-hybridized carbons (Fsp3) is 0.250. The van der Waals surface area contributed by atoms with E-state index in [9.17, 15) is 19.1 Å². The zero-order chi connectivity index (χ0) is 31.2. The number of anilines is 1. The molecule has 1 aliphatic heterocycles. The summed E-state index contributed by atoms with van der Waals surface area (Å²) in [6.45, 7) is 4.79. The third-order valence-electron chi connectivity index (χ3n) is 6.78. The first-order valence-electron chi connectivity index (χ1n) is 14.0. The van der Waals surface area contributed by atoms with Gasteiger partial charge in [-0.25, -0.2) is 4.39 Å². The average molecular weight is 654 g/mol. The Morgan fingerprint density at radius 1 is 1.02 bits per heavy atom. The van der Waals surface area contributed by atoms with Gasteiger partial charge in [-0.05, 0) is 73.0 Å². The zero-order valence-corrected chi connectivity index (χ0v) is 26.3. The number of Topliss-reactive ketones (excluding diaryl/α,β-unsaturated/α-hetero) is 1. The molecule has 228 valence electrons. The van der Waals surface area contributed by atoms with Crippen LogP contribution in [-0.4, -0.2) is 40.2 Å². The summed E-state index contributed by atoms with van der Waals surface area (Å²) < 4.78 is 25.7. The lowest BCUT2D eigenvalue weighted by atomic mass is 9.95. The van der Waals surface area contributed by atoms with E-state index < -0.39 is 17.7 Å². The number of aliphatic hydroxyl groups is 1. The van der Waals surface area contributed by atoms with E-state index in [-0.39, 0.29) is 22.3 Å². The number of ether oxygens (including phenoxy) is 2. The predicted octanol–water partition coefficient (Wildman–Crippen LogP) is 7.83. The van der Waals surface area contributed by atoms with Crippen LogP contribution >= 0.6 is 34.7 Å². The van der Waals surface area contributed by atoms with Gasteiger partial charge in [-0.2, -0.15) is 0 Å². The molecule has 8 nitrogen and oxygen atoms in total. The molecule has 0 bridgehead atoms. The van der Waals surface area contributed by atoms with E-state index in [1.807, 2.05) is 6.92 Å². The highest BCUT2D eigenvalue weighted by Gasteiger charge is 2.48. The van der Waals surface area contributed by atoms with Crippen molar-refractivity contribution in [1.29, 1.82) is 0 Å². The minimum atomic E-state index is -1.03. The molecule has 1 amide bonds. The van der Waals surface area contributed by atoms with Crippen molar-refractivity contribution in [3.8, 4) is 11.5 Å². The maximum Gasteiger partial charge on any atom is 0.301 e. The molecule has 1 N–H and O–H groups in total. The van der Waals surface area contributed by atoms with Gasteiger partial charge in [0, 0.05) is 16.3 Å². The number of hydrogen-bond acceptors (Lipinski definition) is 9. The zero-order valence-electron chi connectivity index (χ0n) is 24.0. The maximum atomic E-state index is 13.6. The number of benzene rings is 3. The maximum absolute atomic E-state index is 13.6. The largest absolute Gasteiger partial charge is 0.507 e. The Kier molecular flexibility index (Phi) is 10.2. The molecule has 1 unspecified atom stereocenters. The summed E-state index contributed by atoms with van der Waals surface area (Å²) in [5.74, 6) is -0.883. The van der Waals surface area contributed by atoms with Gasteiger partial charge in [-0.1, -0.05) is 66.2 Å². The second-order valence-electron chi connectivity index (χ2n) is 9.78. The molecule has 3 aromatic carbocycles. The van der Waals surface area contributed by atoms with Crippen LogP contribution in [0.15, 0.2) is 76.6 Å². The van der Waals surface area contributed by atoms with E-state index in [4.69, 9.17) is 21.1 Å². The number of halogens is 2. The summed E-state index contributed by atoms with van der Waals surface area (Å²) in [7, 11) is 0. The summed E-state index contributed by atoms with van der Waals surface area (Å²) in [6.07, 6.45) is 1.83. The molecule has 5 rings (SSSR count). The van der Waals surface area contributed by atoms with Crippen molar-refractivity contribution in [2.75, 3.05) is 18.1 Å². The minimum absolute atomic E-state index is 0.102. The number of ketones is 1. The number of hydrogen-bond donors (Lipinski definition) is 1. The van der Waals surface area contributed by atoms with Gasteiger partial charge in [0.15, 0.2) is 15.8 Å². The number of unbranched alkanes of at least 4 members (excludes halogenated alkanes) is 1. The van der Waals surface area contributed by atoms with Crippen molar-refractivity contribution in [2.45, 2.75) is 42.8 Å². The number of rotatable bonds is 12. The average Bonchev–Trinajstić information content (AvgIpc) is 3.59.